The van der Waals surface area contributed by atoms with Gasteiger partial charge in [0.2, 0.25) is 35.4 Å². The number of nitrogens with one attached hydrogen (secondary N) is 6. The number of nitrogens with zero attached hydrogens (tertiary/aromatic N) is 1. The molecule has 0 saturated heterocycles. The molecule has 0 spiro atoms. The number of hydrogen-bond acceptors (Lipinski definition) is 14. The van der Waals surface area contributed by atoms with Crippen molar-refractivity contribution in [2.45, 2.75) is 113 Å². The Labute approximate surface area is 378 Å². The first kappa shape index (κ1) is 56.5. The fourth-order valence-corrected chi connectivity index (χ4v) is 6.40. The Hall–Kier alpha value is -6.54. The molecule has 65 heavy (non-hydrogen) atoms. The van der Waals surface area contributed by atoms with E-state index < -0.39 is 127 Å². The van der Waals surface area contributed by atoms with E-state index >= 15 is 0 Å². The molecule has 1 rings (SSSR count). The lowest BCUT2D eigenvalue weighted by atomic mass is 10.0. The molecule has 7 atom stereocenters. The monoisotopic (exact) mass is 939 g/mol. The topological polar surface area (TPSA) is 440 Å². The molecule has 0 fully saturated rings. The fraction of sp³-hybridized carbons (Fsp3) is 0.564. The number of hydrogen-bond donors (Lipinski definition) is 14. The van der Waals surface area contributed by atoms with Crippen LogP contribution in [-0.4, -0.2) is 153 Å². The number of rotatable bonds is 33. The molecular weight excluding hydrogens is 879 g/mol. The highest BCUT2D eigenvalue weighted by molar-refractivity contribution is 7.98. The Morgan fingerprint density at radius 1 is 0.585 bits per heavy atom. The summed E-state index contributed by atoms with van der Waals surface area (Å²) in [6, 6.07) is -2.47. The summed E-state index contributed by atoms with van der Waals surface area (Å²) in [7, 11) is 0. The van der Waals surface area contributed by atoms with E-state index in [2.05, 4.69) is 36.9 Å². The van der Waals surface area contributed by atoms with Gasteiger partial charge in [0.05, 0.1) is 18.9 Å². The molecule has 25 nitrogen and oxygen atoms in total. The van der Waals surface area contributed by atoms with Crippen LogP contribution in [0.15, 0.2) is 35.3 Å². The lowest BCUT2D eigenvalue weighted by Gasteiger charge is -2.27. The molecule has 18 N–H and O–H groups in total. The zero-order valence-corrected chi connectivity index (χ0v) is 36.7. The number of carboxylic acid groups (broad SMARTS) is 4. The molecule has 0 aliphatic heterocycles. The van der Waals surface area contributed by atoms with Gasteiger partial charge in [0.25, 0.3) is 0 Å². The van der Waals surface area contributed by atoms with Crippen LogP contribution in [0.5, 0.6) is 0 Å². The van der Waals surface area contributed by atoms with Crippen LogP contribution in [0.4, 0.5) is 0 Å². The van der Waals surface area contributed by atoms with Crippen molar-refractivity contribution in [1.82, 2.24) is 31.9 Å². The van der Waals surface area contributed by atoms with E-state index in [4.69, 9.17) is 33.1 Å². The minimum absolute atomic E-state index is 0.0389. The number of aliphatic imine (C=N–C) groups is 1. The van der Waals surface area contributed by atoms with Crippen molar-refractivity contribution in [2.75, 3.05) is 25.1 Å². The molecular formula is C39H61N11O14S. The van der Waals surface area contributed by atoms with Gasteiger partial charge in [-0.1, -0.05) is 30.3 Å². The number of carbonyl (C=O) groups is 10. The predicted octanol–water partition coefficient (Wildman–Crippen LogP) is -3.70. The van der Waals surface area contributed by atoms with E-state index in [0.29, 0.717) is 17.7 Å². The first-order valence-electron chi connectivity index (χ1n) is 20.4. The number of carboxylic acids is 4. The maximum atomic E-state index is 14.1. The van der Waals surface area contributed by atoms with Crippen molar-refractivity contribution in [3.05, 3.63) is 35.9 Å². The summed E-state index contributed by atoms with van der Waals surface area (Å²) in [5.41, 5.74) is 22.7. The number of guanidine groups is 1. The van der Waals surface area contributed by atoms with Crippen LogP contribution in [0.1, 0.15) is 69.8 Å². The smallest absolute Gasteiger partial charge is 0.326 e. The van der Waals surface area contributed by atoms with Gasteiger partial charge in [0.15, 0.2) is 5.96 Å². The molecule has 26 heteroatoms. The highest BCUT2D eigenvalue weighted by Crippen LogP contribution is 2.10. The Balaban J connectivity index is 3.55. The number of thioether (sulfide) groups is 1. The summed E-state index contributed by atoms with van der Waals surface area (Å²) in [4.78, 5) is 131. The average molecular weight is 940 g/mol. The molecule has 1 aromatic carbocycles. The largest absolute Gasteiger partial charge is 0.481 e. The molecule has 0 bridgehead atoms. The highest BCUT2D eigenvalue weighted by atomic mass is 32.2. The van der Waals surface area contributed by atoms with Crippen LogP contribution in [0.3, 0.4) is 0 Å². The van der Waals surface area contributed by atoms with Crippen molar-refractivity contribution in [3.63, 3.8) is 0 Å². The number of unbranched alkanes of at least 4 members (excludes halogenated alkanes) is 1. The second-order valence-electron chi connectivity index (χ2n) is 14.6. The van der Waals surface area contributed by atoms with Crippen molar-refractivity contribution >= 4 is 77.0 Å². The number of aliphatic carboxylic acids is 4. The Bertz CT molecular complexity index is 1820. The standard InChI is InChI=1S/C39H61N11O14S/c1-65-17-14-25(45-32(57)22(41)19-30(53)54)35(60)49-27(18-21-8-3-2-4-9-21)36(61)47-24(11-7-16-44-39(42)43)34(59)50-28(20-31(55)56)37(62)46-23(10-5-6-15-40)33(58)48-26(38(63)64)12-13-29(51)52/h2-4,8-9,22-28H,5-7,10-20,40-41H2,1H3,(H,45,57)(H,46,62)(H,47,61)(H,48,58)(H,49,60)(H,50,59)(H,51,52)(H,53,54)(H,55,56)(H,63,64)(H4,42,43,44). The summed E-state index contributed by atoms with van der Waals surface area (Å²) in [6.45, 7) is 0.135. The first-order chi connectivity index (χ1) is 30.7. The van der Waals surface area contributed by atoms with E-state index in [9.17, 15) is 58.2 Å². The van der Waals surface area contributed by atoms with Gasteiger partial charge in [0.1, 0.15) is 36.3 Å². The van der Waals surface area contributed by atoms with Crippen LogP contribution in [-0.2, 0) is 54.4 Å². The number of amides is 6. The molecule has 1 aromatic rings. The van der Waals surface area contributed by atoms with Gasteiger partial charge in [-0.3, -0.25) is 48.1 Å². The highest BCUT2D eigenvalue weighted by Gasteiger charge is 2.34. The Morgan fingerprint density at radius 2 is 1.06 bits per heavy atom. The van der Waals surface area contributed by atoms with E-state index in [-0.39, 0.29) is 57.6 Å². The molecule has 0 aromatic heterocycles. The quantitative estimate of drug-likeness (QED) is 0.0183. The SMILES string of the molecule is CSCCC(NC(=O)C(N)CC(=O)O)C(=O)NC(Cc1ccccc1)C(=O)NC(CCCN=C(N)N)C(=O)NC(CC(=O)O)C(=O)NC(CCCCN)C(=O)NC(CCC(=O)O)C(=O)O. The molecule has 6 amide bonds. The second kappa shape index (κ2) is 30.5. The lowest BCUT2D eigenvalue weighted by molar-refractivity contribution is -0.144. The number of nitrogens with two attached hydrogens (primary N) is 4. The Morgan fingerprint density at radius 3 is 1.57 bits per heavy atom. The molecule has 362 valence electrons. The zero-order chi connectivity index (χ0) is 49.1. The van der Waals surface area contributed by atoms with Crippen LogP contribution in [0.2, 0.25) is 0 Å². The zero-order valence-electron chi connectivity index (χ0n) is 35.9. The normalized spacial score (nSPS) is 14.0. The van der Waals surface area contributed by atoms with Crippen LogP contribution < -0.4 is 54.8 Å². The summed E-state index contributed by atoms with van der Waals surface area (Å²) in [5, 5.41) is 51.7. The third-order valence-corrected chi connectivity index (χ3v) is 9.97. The number of carbonyl (C=O) groups excluding carboxylic acids is 6. The maximum absolute atomic E-state index is 14.1. The third-order valence-electron chi connectivity index (χ3n) is 9.32. The first-order valence-corrected chi connectivity index (χ1v) is 21.8. The predicted molar refractivity (Wildman–Crippen MR) is 235 cm³/mol. The summed E-state index contributed by atoms with van der Waals surface area (Å²) >= 11 is 1.33. The maximum Gasteiger partial charge on any atom is 0.326 e. The van der Waals surface area contributed by atoms with E-state index in [1.54, 1.807) is 36.6 Å². The number of benzene rings is 1. The van der Waals surface area contributed by atoms with Crippen molar-refractivity contribution in [3.8, 4) is 0 Å². The fourth-order valence-electron chi connectivity index (χ4n) is 5.93. The van der Waals surface area contributed by atoms with Gasteiger partial charge >= 0.3 is 23.9 Å². The summed E-state index contributed by atoms with van der Waals surface area (Å²) < 4.78 is 0. The summed E-state index contributed by atoms with van der Waals surface area (Å²) in [5.74, 6) is -11.8. The van der Waals surface area contributed by atoms with Crippen molar-refractivity contribution in [2.24, 2.45) is 27.9 Å². The van der Waals surface area contributed by atoms with E-state index in [0.717, 1.165) is 0 Å². The van der Waals surface area contributed by atoms with Gasteiger partial charge < -0.3 is 75.3 Å². The van der Waals surface area contributed by atoms with Crippen LogP contribution >= 0.6 is 11.8 Å². The van der Waals surface area contributed by atoms with Gasteiger partial charge in [-0.05, 0) is 69.1 Å². The third kappa shape index (κ3) is 23.6. The average Bonchev–Trinajstić information content (AvgIpc) is 3.23. The minimum Gasteiger partial charge on any atom is -0.481 e. The molecule has 0 radical (unpaired) electrons. The van der Waals surface area contributed by atoms with Gasteiger partial charge in [-0.25, -0.2) is 4.79 Å². The molecule has 0 aliphatic rings. The second-order valence-corrected chi connectivity index (χ2v) is 15.6. The van der Waals surface area contributed by atoms with Crippen molar-refractivity contribution in [1.29, 1.82) is 0 Å². The lowest BCUT2D eigenvalue weighted by Crippen LogP contribution is -2.60. The molecule has 0 aliphatic carbocycles. The molecule has 0 heterocycles. The van der Waals surface area contributed by atoms with Gasteiger partial charge in [-0.2, -0.15) is 11.8 Å². The van der Waals surface area contributed by atoms with E-state index in [1.807, 2.05) is 0 Å². The molecule has 7 unspecified atom stereocenters. The molecule has 0 saturated carbocycles. The van der Waals surface area contributed by atoms with Crippen molar-refractivity contribution < 1.29 is 68.4 Å². The minimum atomic E-state index is -1.89. The van der Waals surface area contributed by atoms with Gasteiger partial charge in [0, 0.05) is 19.4 Å². The van der Waals surface area contributed by atoms with E-state index in [1.165, 1.54) is 11.8 Å². The van der Waals surface area contributed by atoms with Crippen LogP contribution in [0.25, 0.3) is 0 Å². The van der Waals surface area contributed by atoms with Crippen LogP contribution in [0, 0.1) is 0 Å². The Kier molecular flexibility index (Phi) is 26.5. The summed E-state index contributed by atoms with van der Waals surface area (Å²) in [6.07, 6.45) is -0.954. The van der Waals surface area contributed by atoms with Gasteiger partial charge in [-0.15, -0.1) is 0 Å².